The molecule has 0 aliphatic carbocycles. The average molecular weight is 304 g/mol. The quantitative estimate of drug-likeness (QED) is 0.824. The van der Waals surface area contributed by atoms with Gasteiger partial charge in [-0.3, -0.25) is 0 Å². The Kier molecular flexibility index (Phi) is 4.35. The predicted octanol–water partition coefficient (Wildman–Crippen LogP) is 4.36. The van der Waals surface area contributed by atoms with E-state index in [9.17, 15) is 0 Å². The third-order valence-corrected chi connectivity index (χ3v) is 5.31. The highest BCUT2D eigenvalue weighted by atomic mass is 35.5. The molecule has 1 saturated heterocycles. The molecule has 2 aromatic carbocycles. The normalized spacial score (nSPS) is 16.6. The zero-order valence-electron chi connectivity index (χ0n) is 11.3. The Morgan fingerprint density at radius 1 is 1.00 bits per heavy atom. The lowest BCUT2D eigenvalue weighted by molar-refractivity contribution is 0.270. The Bertz CT molecular complexity index is 566. The number of hydrogen-bond donors (Lipinski definition) is 1. The van der Waals surface area contributed by atoms with E-state index in [2.05, 4.69) is 47.8 Å². The van der Waals surface area contributed by atoms with Gasteiger partial charge in [0.1, 0.15) is 0 Å². The summed E-state index contributed by atoms with van der Waals surface area (Å²) in [5.41, 5.74) is 1.52. The van der Waals surface area contributed by atoms with Crippen molar-refractivity contribution in [2.75, 3.05) is 18.8 Å². The second kappa shape index (κ2) is 6.21. The number of thioether (sulfide) groups is 1. The molecule has 0 atom stereocenters. The lowest BCUT2D eigenvalue weighted by atomic mass is 9.73. The Morgan fingerprint density at radius 3 is 2.35 bits per heavy atom. The van der Waals surface area contributed by atoms with Crippen LogP contribution in [0.5, 0.6) is 0 Å². The van der Waals surface area contributed by atoms with Crippen LogP contribution in [0.15, 0.2) is 59.5 Å². The standard InChI is InChI=1S/C17H18ClNS/c18-16-9-5-4-8-15(16)17(12-19-13-17)10-11-20-14-6-2-1-3-7-14/h1-9,19H,10-13H2. The van der Waals surface area contributed by atoms with E-state index in [1.807, 2.05) is 23.9 Å². The summed E-state index contributed by atoms with van der Waals surface area (Å²) in [6.07, 6.45) is 1.16. The van der Waals surface area contributed by atoms with Crippen LogP contribution in [0.3, 0.4) is 0 Å². The Hall–Kier alpha value is -0.960. The molecule has 3 heteroatoms. The van der Waals surface area contributed by atoms with Gasteiger partial charge in [-0.2, -0.15) is 0 Å². The fourth-order valence-corrected chi connectivity index (χ4v) is 4.12. The molecule has 0 radical (unpaired) electrons. The fourth-order valence-electron chi connectivity index (χ4n) is 2.70. The van der Waals surface area contributed by atoms with Gasteiger partial charge in [0, 0.05) is 28.4 Å². The fraction of sp³-hybridized carbons (Fsp3) is 0.294. The second-order valence-electron chi connectivity index (χ2n) is 5.28. The number of halogens is 1. The van der Waals surface area contributed by atoms with Crippen LogP contribution in [-0.4, -0.2) is 18.8 Å². The van der Waals surface area contributed by atoms with E-state index < -0.39 is 0 Å². The van der Waals surface area contributed by atoms with Crippen LogP contribution >= 0.6 is 23.4 Å². The molecule has 20 heavy (non-hydrogen) atoms. The summed E-state index contributed by atoms with van der Waals surface area (Å²) in [5, 5.41) is 4.31. The van der Waals surface area contributed by atoms with Crippen molar-refractivity contribution >= 4 is 23.4 Å². The van der Waals surface area contributed by atoms with Gasteiger partial charge in [0.15, 0.2) is 0 Å². The Morgan fingerprint density at radius 2 is 1.70 bits per heavy atom. The van der Waals surface area contributed by atoms with Crippen LogP contribution in [0.2, 0.25) is 5.02 Å². The Labute approximate surface area is 129 Å². The molecular formula is C17H18ClNS. The summed E-state index contributed by atoms with van der Waals surface area (Å²) in [4.78, 5) is 1.34. The van der Waals surface area contributed by atoms with Crippen LogP contribution in [0.25, 0.3) is 0 Å². The topological polar surface area (TPSA) is 12.0 Å². The van der Waals surface area contributed by atoms with Crippen molar-refractivity contribution in [1.82, 2.24) is 5.32 Å². The molecule has 104 valence electrons. The van der Waals surface area contributed by atoms with Crippen molar-refractivity contribution < 1.29 is 0 Å². The molecule has 1 nitrogen and oxygen atoms in total. The molecule has 0 saturated carbocycles. The van der Waals surface area contributed by atoms with Gasteiger partial charge in [-0.1, -0.05) is 48.0 Å². The lowest BCUT2D eigenvalue weighted by Gasteiger charge is -2.44. The maximum atomic E-state index is 6.38. The number of benzene rings is 2. The maximum absolute atomic E-state index is 6.38. The van der Waals surface area contributed by atoms with E-state index in [0.29, 0.717) is 0 Å². The first-order chi connectivity index (χ1) is 9.80. The third-order valence-electron chi connectivity index (χ3n) is 3.96. The van der Waals surface area contributed by atoms with E-state index in [1.54, 1.807) is 0 Å². The highest BCUT2D eigenvalue weighted by Crippen LogP contribution is 2.38. The van der Waals surface area contributed by atoms with E-state index in [1.165, 1.54) is 10.5 Å². The van der Waals surface area contributed by atoms with Crippen LogP contribution in [0.1, 0.15) is 12.0 Å². The van der Waals surface area contributed by atoms with Gasteiger partial charge in [-0.15, -0.1) is 11.8 Å². The second-order valence-corrected chi connectivity index (χ2v) is 6.85. The first-order valence-corrected chi connectivity index (χ1v) is 8.30. The summed E-state index contributed by atoms with van der Waals surface area (Å²) < 4.78 is 0. The van der Waals surface area contributed by atoms with Gasteiger partial charge in [0.25, 0.3) is 0 Å². The summed E-state index contributed by atoms with van der Waals surface area (Å²) in [5.74, 6) is 1.12. The molecule has 1 heterocycles. The van der Waals surface area contributed by atoms with Gasteiger partial charge >= 0.3 is 0 Å². The zero-order chi connectivity index (χ0) is 13.8. The van der Waals surface area contributed by atoms with Gasteiger partial charge in [0.05, 0.1) is 0 Å². The minimum atomic E-state index is 0.222. The van der Waals surface area contributed by atoms with E-state index in [0.717, 1.165) is 30.3 Å². The molecule has 0 unspecified atom stereocenters. The van der Waals surface area contributed by atoms with E-state index in [4.69, 9.17) is 11.6 Å². The van der Waals surface area contributed by atoms with Crippen molar-refractivity contribution in [2.45, 2.75) is 16.7 Å². The predicted molar refractivity (Wildman–Crippen MR) is 87.8 cm³/mol. The van der Waals surface area contributed by atoms with Crippen LogP contribution < -0.4 is 5.32 Å². The van der Waals surface area contributed by atoms with E-state index in [-0.39, 0.29) is 5.41 Å². The Balaban J connectivity index is 1.67. The first-order valence-electron chi connectivity index (χ1n) is 6.94. The van der Waals surface area contributed by atoms with Gasteiger partial charge in [0.2, 0.25) is 0 Å². The SMILES string of the molecule is Clc1ccccc1C1(CCSc2ccccc2)CNC1. The summed E-state index contributed by atoms with van der Waals surface area (Å²) >= 11 is 8.31. The summed E-state index contributed by atoms with van der Waals surface area (Å²) in [6, 6.07) is 18.9. The van der Waals surface area contributed by atoms with E-state index >= 15 is 0 Å². The largest absolute Gasteiger partial charge is 0.315 e. The van der Waals surface area contributed by atoms with Crippen molar-refractivity contribution in [2.24, 2.45) is 0 Å². The molecular weight excluding hydrogens is 286 g/mol. The van der Waals surface area contributed by atoms with Gasteiger partial charge in [-0.25, -0.2) is 0 Å². The average Bonchev–Trinajstić information content (AvgIpc) is 2.44. The van der Waals surface area contributed by atoms with Crippen LogP contribution in [0.4, 0.5) is 0 Å². The maximum Gasteiger partial charge on any atom is 0.0444 e. The van der Waals surface area contributed by atoms with Crippen LogP contribution in [0, 0.1) is 0 Å². The number of nitrogens with one attached hydrogen (secondary N) is 1. The molecule has 0 bridgehead atoms. The van der Waals surface area contributed by atoms with Crippen molar-refractivity contribution in [3.8, 4) is 0 Å². The van der Waals surface area contributed by atoms with Gasteiger partial charge < -0.3 is 5.32 Å². The monoisotopic (exact) mass is 303 g/mol. The molecule has 1 N–H and O–H groups in total. The summed E-state index contributed by atoms with van der Waals surface area (Å²) in [6.45, 7) is 2.07. The molecule has 0 amide bonds. The molecule has 3 rings (SSSR count). The first kappa shape index (κ1) is 14.0. The smallest absolute Gasteiger partial charge is 0.0444 e. The molecule has 1 aliphatic heterocycles. The highest BCUT2D eigenvalue weighted by molar-refractivity contribution is 7.99. The molecule has 0 aromatic heterocycles. The van der Waals surface area contributed by atoms with Crippen molar-refractivity contribution in [3.63, 3.8) is 0 Å². The molecule has 2 aromatic rings. The minimum absolute atomic E-state index is 0.222. The van der Waals surface area contributed by atoms with Crippen molar-refractivity contribution in [1.29, 1.82) is 0 Å². The van der Waals surface area contributed by atoms with Gasteiger partial charge in [-0.05, 0) is 35.9 Å². The highest BCUT2D eigenvalue weighted by Gasteiger charge is 2.39. The number of rotatable bonds is 5. The molecule has 1 fully saturated rings. The third kappa shape index (κ3) is 2.88. The molecule has 0 spiro atoms. The number of hydrogen-bond acceptors (Lipinski definition) is 2. The van der Waals surface area contributed by atoms with Crippen molar-refractivity contribution in [3.05, 3.63) is 65.2 Å². The zero-order valence-corrected chi connectivity index (χ0v) is 12.9. The van der Waals surface area contributed by atoms with Crippen LogP contribution in [-0.2, 0) is 5.41 Å². The lowest BCUT2D eigenvalue weighted by Crippen LogP contribution is -2.57. The minimum Gasteiger partial charge on any atom is -0.315 e. The molecule has 1 aliphatic rings. The summed E-state index contributed by atoms with van der Waals surface area (Å²) in [7, 11) is 0.